The fraction of sp³-hybridized carbons (Fsp3) is 0.417. The molecule has 0 unspecified atom stereocenters. The highest BCUT2D eigenvalue weighted by Crippen LogP contribution is 2.30. The average molecular weight is 430 g/mol. The number of carbonyl (C=O) groups excluding carboxylic acids is 1. The van der Waals surface area contributed by atoms with E-state index in [0.717, 1.165) is 18.4 Å². The van der Waals surface area contributed by atoms with Gasteiger partial charge in [0.05, 0.1) is 33.9 Å². The number of hydrogen-bond donors (Lipinski definition) is 1. The number of carboxylic acids is 1. The van der Waals surface area contributed by atoms with Crippen molar-refractivity contribution < 1.29 is 28.9 Å². The smallest absolute Gasteiger partial charge is 0.305 e. The minimum absolute atomic E-state index is 0.0612. The van der Waals surface area contributed by atoms with Gasteiger partial charge in [-0.2, -0.15) is 0 Å². The predicted molar refractivity (Wildman–Crippen MR) is 118 cm³/mol. The predicted octanol–water partition coefficient (Wildman–Crippen LogP) is 3.58. The van der Waals surface area contributed by atoms with E-state index in [1.54, 1.807) is 31.3 Å². The third kappa shape index (κ3) is 7.61. The molecule has 1 amide bonds. The van der Waals surface area contributed by atoms with E-state index in [1.165, 1.54) is 5.56 Å². The van der Waals surface area contributed by atoms with Crippen LogP contribution in [-0.4, -0.2) is 62.4 Å². The van der Waals surface area contributed by atoms with Crippen LogP contribution >= 0.6 is 0 Å². The highest BCUT2D eigenvalue weighted by atomic mass is 16.5. The van der Waals surface area contributed by atoms with Gasteiger partial charge in [0, 0.05) is 24.2 Å². The molecule has 168 valence electrons. The number of methoxy groups -OCH3 is 2. The Morgan fingerprint density at radius 1 is 0.968 bits per heavy atom. The van der Waals surface area contributed by atoms with Crippen LogP contribution in [0.2, 0.25) is 0 Å². The molecule has 0 spiro atoms. The lowest BCUT2D eigenvalue weighted by Crippen LogP contribution is -2.35. The van der Waals surface area contributed by atoms with Gasteiger partial charge in [-0.05, 0) is 37.5 Å². The quantitative estimate of drug-likeness (QED) is 0.490. The number of benzene rings is 2. The number of aryl methyl sites for hydroxylation is 1. The summed E-state index contributed by atoms with van der Waals surface area (Å²) in [7, 11) is 3.12. The molecule has 0 aliphatic rings. The lowest BCUT2D eigenvalue weighted by molar-refractivity contribution is -0.138. The van der Waals surface area contributed by atoms with Crippen molar-refractivity contribution in [1.29, 1.82) is 0 Å². The van der Waals surface area contributed by atoms with Gasteiger partial charge in [0.2, 0.25) is 0 Å². The summed E-state index contributed by atoms with van der Waals surface area (Å²) in [6, 6.07) is 13.5. The van der Waals surface area contributed by atoms with Gasteiger partial charge in [0.25, 0.3) is 5.91 Å². The molecule has 7 heteroatoms. The van der Waals surface area contributed by atoms with E-state index in [1.807, 2.05) is 25.1 Å². The van der Waals surface area contributed by atoms with Crippen LogP contribution in [0.4, 0.5) is 0 Å². The second-order valence-electron chi connectivity index (χ2n) is 7.14. The number of hydrogen-bond acceptors (Lipinski definition) is 5. The first kappa shape index (κ1) is 24.2. The minimum atomic E-state index is -0.908. The maximum atomic E-state index is 13.3. The van der Waals surface area contributed by atoms with Crippen molar-refractivity contribution in [3.05, 3.63) is 59.2 Å². The molecule has 0 saturated heterocycles. The topological polar surface area (TPSA) is 85.3 Å². The largest absolute Gasteiger partial charge is 0.496 e. The zero-order valence-corrected chi connectivity index (χ0v) is 18.4. The molecular formula is C24H31NO6. The van der Waals surface area contributed by atoms with Gasteiger partial charge in [-0.15, -0.1) is 0 Å². The van der Waals surface area contributed by atoms with E-state index in [0.29, 0.717) is 30.2 Å². The Morgan fingerprint density at radius 3 is 2.19 bits per heavy atom. The van der Waals surface area contributed by atoms with E-state index in [4.69, 9.17) is 19.3 Å². The second-order valence-corrected chi connectivity index (χ2v) is 7.14. The first-order valence-corrected chi connectivity index (χ1v) is 10.3. The van der Waals surface area contributed by atoms with Crippen LogP contribution in [0, 0.1) is 6.92 Å². The van der Waals surface area contributed by atoms with Gasteiger partial charge in [0.15, 0.2) is 0 Å². The van der Waals surface area contributed by atoms with Crippen molar-refractivity contribution >= 4 is 11.9 Å². The van der Waals surface area contributed by atoms with Crippen molar-refractivity contribution in [3.8, 4) is 11.5 Å². The summed E-state index contributed by atoms with van der Waals surface area (Å²) in [5, 5.41) is 8.74. The number of ether oxygens (including phenoxy) is 3. The van der Waals surface area contributed by atoms with Gasteiger partial charge in [-0.1, -0.05) is 30.3 Å². The number of carboxylic acid groups (broad SMARTS) is 1. The molecule has 0 aliphatic carbocycles. The molecule has 0 atom stereocenters. The fourth-order valence-corrected chi connectivity index (χ4v) is 3.26. The molecule has 7 nitrogen and oxygen atoms in total. The molecule has 0 radical (unpaired) electrons. The van der Waals surface area contributed by atoms with Crippen LogP contribution < -0.4 is 9.47 Å². The summed E-state index contributed by atoms with van der Waals surface area (Å²) in [4.78, 5) is 25.6. The van der Waals surface area contributed by atoms with Crippen LogP contribution in [-0.2, 0) is 16.0 Å². The summed E-state index contributed by atoms with van der Waals surface area (Å²) in [6.45, 7) is 3.18. The van der Waals surface area contributed by atoms with E-state index >= 15 is 0 Å². The van der Waals surface area contributed by atoms with E-state index in [9.17, 15) is 9.59 Å². The minimum Gasteiger partial charge on any atom is -0.496 e. The van der Waals surface area contributed by atoms with Crippen LogP contribution in [0.25, 0.3) is 0 Å². The number of aliphatic carboxylic acids is 1. The first-order valence-electron chi connectivity index (χ1n) is 10.3. The SMILES string of the molecule is COc1cc(C(=O)N(CCCc2ccccc2)CCOCCC(=O)O)cc(OC)c1C. The Balaban J connectivity index is 2.09. The normalized spacial score (nSPS) is 10.5. The van der Waals surface area contributed by atoms with Gasteiger partial charge >= 0.3 is 5.97 Å². The Bertz CT molecular complexity index is 827. The van der Waals surface area contributed by atoms with Gasteiger partial charge in [0.1, 0.15) is 11.5 Å². The first-order chi connectivity index (χ1) is 15.0. The maximum absolute atomic E-state index is 13.3. The van der Waals surface area contributed by atoms with Crippen molar-refractivity contribution in [2.45, 2.75) is 26.2 Å². The molecule has 0 saturated carbocycles. The second kappa shape index (κ2) is 12.6. The van der Waals surface area contributed by atoms with Crippen molar-refractivity contribution in [2.24, 2.45) is 0 Å². The van der Waals surface area contributed by atoms with Crippen LogP contribution in [0.1, 0.15) is 34.3 Å². The number of rotatable bonds is 13. The summed E-state index contributed by atoms with van der Waals surface area (Å²) in [5.41, 5.74) is 2.52. The Hall–Kier alpha value is -3.06. The molecule has 0 heterocycles. The molecule has 2 aromatic rings. The van der Waals surface area contributed by atoms with Crippen LogP contribution in [0.5, 0.6) is 11.5 Å². The Morgan fingerprint density at radius 2 is 1.61 bits per heavy atom. The summed E-state index contributed by atoms with van der Waals surface area (Å²) in [5.74, 6) is 0.121. The van der Waals surface area contributed by atoms with Gasteiger partial charge < -0.3 is 24.2 Å². The molecule has 2 rings (SSSR count). The lowest BCUT2D eigenvalue weighted by atomic mass is 10.1. The molecule has 0 fully saturated rings. The van der Waals surface area contributed by atoms with Crippen molar-refractivity contribution in [3.63, 3.8) is 0 Å². The molecule has 0 bridgehead atoms. The molecule has 31 heavy (non-hydrogen) atoms. The third-order valence-electron chi connectivity index (χ3n) is 4.99. The average Bonchev–Trinajstić information content (AvgIpc) is 2.78. The Kier molecular flexibility index (Phi) is 9.84. The molecular weight excluding hydrogens is 398 g/mol. The highest BCUT2D eigenvalue weighted by molar-refractivity contribution is 5.95. The zero-order valence-electron chi connectivity index (χ0n) is 18.4. The number of carbonyl (C=O) groups is 2. The molecule has 2 aromatic carbocycles. The highest BCUT2D eigenvalue weighted by Gasteiger charge is 2.19. The Labute approximate surface area is 183 Å². The standard InChI is InChI=1S/C24H31NO6/c1-18-21(29-2)16-20(17-22(18)30-3)24(28)25(13-15-31-14-11-23(26)27)12-7-10-19-8-5-4-6-9-19/h4-6,8-9,16-17H,7,10-15H2,1-3H3,(H,26,27). The van der Waals surface area contributed by atoms with E-state index in [2.05, 4.69) is 12.1 Å². The summed E-state index contributed by atoms with van der Waals surface area (Å²) >= 11 is 0. The van der Waals surface area contributed by atoms with Gasteiger partial charge in [-0.25, -0.2) is 0 Å². The monoisotopic (exact) mass is 429 g/mol. The molecule has 1 N–H and O–H groups in total. The van der Waals surface area contributed by atoms with E-state index < -0.39 is 5.97 Å². The van der Waals surface area contributed by atoms with E-state index in [-0.39, 0.29) is 25.5 Å². The van der Waals surface area contributed by atoms with Gasteiger partial charge in [-0.3, -0.25) is 9.59 Å². The summed E-state index contributed by atoms with van der Waals surface area (Å²) in [6.07, 6.45) is 1.59. The van der Waals surface area contributed by atoms with Crippen LogP contribution in [0.3, 0.4) is 0 Å². The van der Waals surface area contributed by atoms with Crippen molar-refractivity contribution in [1.82, 2.24) is 4.90 Å². The fourth-order valence-electron chi connectivity index (χ4n) is 3.26. The molecule has 0 aliphatic heterocycles. The number of nitrogens with zero attached hydrogens (tertiary/aromatic N) is 1. The van der Waals surface area contributed by atoms with Crippen LogP contribution in [0.15, 0.2) is 42.5 Å². The number of amides is 1. The summed E-state index contributed by atoms with van der Waals surface area (Å²) < 4.78 is 16.2. The zero-order chi connectivity index (χ0) is 22.6. The third-order valence-corrected chi connectivity index (χ3v) is 4.99. The van der Waals surface area contributed by atoms with Crippen molar-refractivity contribution in [2.75, 3.05) is 40.5 Å². The lowest BCUT2D eigenvalue weighted by Gasteiger charge is -2.24. The molecule has 0 aromatic heterocycles. The maximum Gasteiger partial charge on any atom is 0.305 e.